The van der Waals surface area contributed by atoms with Gasteiger partial charge in [0, 0.05) is 12.3 Å². The van der Waals surface area contributed by atoms with Crippen molar-refractivity contribution in [2.45, 2.75) is 27.7 Å². The minimum absolute atomic E-state index is 0.125. The van der Waals surface area contributed by atoms with Gasteiger partial charge in [0.05, 0.1) is 0 Å². The zero-order chi connectivity index (χ0) is 17.4. The van der Waals surface area contributed by atoms with E-state index in [9.17, 15) is 22.1 Å². The van der Waals surface area contributed by atoms with Crippen LogP contribution in [0, 0.1) is 8.99 Å². The Kier molecular flexibility index (Phi) is 8.73. The summed E-state index contributed by atoms with van der Waals surface area (Å²) in [6.45, 7) is 7.60. The van der Waals surface area contributed by atoms with Crippen LogP contribution in [0.5, 0.6) is 0 Å². The Hall–Kier alpha value is -1.06. The van der Waals surface area contributed by atoms with Crippen LogP contribution in [0.1, 0.15) is 27.7 Å². The Morgan fingerprint density at radius 2 is 1.59 bits per heavy atom. The highest BCUT2D eigenvalue weighted by atomic mass is 127. The van der Waals surface area contributed by atoms with Crippen LogP contribution in [0.4, 0.5) is 17.3 Å². The molecule has 124 valence electrons. The van der Waals surface area contributed by atoms with Crippen LogP contribution in [-0.2, 0) is 9.53 Å². The summed E-state index contributed by atoms with van der Waals surface area (Å²) in [6.07, 6.45) is 0. The van der Waals surface area contributed by atoms with Gasteiger partial charge in [0.15, 0.2) is 13.4 Å². The van der Waals surface area contributed by atoms with E-state index in [4.69, 9.17) is 4.74 Å². The summed E-state index contributed by atoms with van der Waals surface area (Å²) in [4.78, 5) is 11.1. The van der Waals surface area contributed by atoms with Crippen LogP contribution < -0.4 is 21.2 Å². The van der Waals surface area contributed by atoms with Crippen LogP contribution >= 0.6 is 0 Å². The second kappa shape index (κ2) is 9.17. The first kappa shape index (κ1) is 20.9. The molecular weight excluding hydrogens is 414 g/mol. The average Bonchev–Trinajstić information content (AvgIpc) is 2.32. The third-order valence-electron chi connectivity index (χ3n) is 2.01. The number of carbonyl (C=O) groups excluding carboxylic acids is 1. The molecule has 0 radical (unpaired) electrons. The fourth-order valence-corrected chi connectivity index (χ4v) is 3.63. The first-order valence-corrected chi connectivity index (χ1v) is 8.67. The number of esters is 1. The predicted octanol–water partition coefficient (Wildman–Crippen LogP) is 1.70. The summed E-state index contributed by atoms with van der Waals surface area (Å²) in [5.41, 5.74) is -0.125. The number of carbonyl (C=O) groups is 1. The molecule has 0 atom stereocenters. The zero-order valence-electron chi connectivity index (χ0n) is 12.7. The Labute approximate surface area is 138 Å². The van der Waals surface area contributed by atoms with Crippen LogP contribution in [-0.4, -0.2) is 13.2 Å². The van der Waals surface area contributed by atoms with Crippen molar-refractivity contribution in [1.82, 2.24) is 0 Å². The molecule has 0 saturated heterocycles. The SMILES string of the molecule is CC(=O)O/C(=C\[I+]c1ccccc1)C(C)(C)C.F[B-](F)(F)F. The summed E-state index contributed by atoms with van der Waals surface area (Å²) in [5, 5.41) is 0. The molecular formula is C14H18BF4IO2. The first-order valence-electron chi connectivity index (χ1n) is 6.34. The fourth-order valence-electron chi connectivity index (χ4n) is 1.09. The van der Waals surface area contributed by atoms with E-state index in [1.54, 1.807) is 0 Å². The van der Waals surface area contributed by atoms with Crippen molar-refractivity contribution in [3.05, 3.63) is 43.7 Å². The molecule has 1 aromatic rings. The molecule has 0 aromatic heterocycles. The minimum Gasteiger partial charge on any atom is -0.427 e. The van der Waals surface area contributed by atoms with Crippen LogP contribution in [0.15, 0.2) is 40.2 Å². The van der Waals surface area contributed by atoms with E-state index in [2.05, 4.69) is 37.0 Å². The molecule has 0 N–H and O–H groups in total. The van der Waals surface area contributed by atoms with Crippen molar-refractivity contribution < 1.29 is 48.0 Å². The van der Waals surface area contributed by atoms with Crippen LogP contribution in [0.3, 0.4) is 0 Å². The smallest absolute Gasteiger partial charge is 0.427 e. The van der Waals surface area contributed by atoms with Crippen molar-refractivity contribution in [2.24, 2.45) is 5.41 Å². The molecule has 0 saturated carbocycles. The Bertz CT molecular complexity index is 490. The van der Waals surface area contributed by atoms with E-state index >= 15 is 0 Å². The van der Waals surface area contributed by atoms with Gasteiger partial charge in [0.2, 0.25) is 0 Å². The van der Waals surface area contributed by atoms with Gasteiger partial charge in [0.25, 0.3) is 0 Å². The molecule has 0 aliphatic rings. The van der Waals surface area contributed by atoms with Crippen molar-refractivity contribution in [3.8, 4) is 0 Å². The normalized spacial score (nSPS) is 12.3. The van der Waals surface area contributed by atoms with Gasteiger partial charge in [-0.05, 0) is 12.1 Å². The number of allylic oxidation sites excluding steroid dienone is 1. The molecule has 2 nitrogen and oxygen atoms in total. The molecule has 0 amide bonds. The van der Waals surface area contributed by atoms with Gasteiger partial charge >= 0.3 is 34.4 Å². The van der Waals surface area contributed by atoms with E-state index in [1.807, 2.05) is 18.2 Å². The molecule has 0 unspecified atom stereocenters. The maximum atomic E-state index is 11.1. The lowest BCUT2D eigenvalue weighted by Gasteiger charge is -2.19. The maximum absolute atomic E-state index is 11.1. The largest absolute Gasteiger partial charge is 0.673 e. The molecule has 0 aliphatic carbocycles. The number of ether oxygens (including phenoxy) is 1. The quantitative estimate of drug-likeness (QED) is 0.239. The van der Waals surface area contributed by atoms with Crippen molar-refractivity contribution in [3.63, 3.8) is 0 Å². The molecule has 1 aromatic carbocycles. The van der Waals surface area contributed by atoms with Crippen molar-refractivity contribution >= 4 is 13.2 Å². The van der Waals surface area contributed by atoms with Gasteiger partial charge in [-0.3, -0.25) is 4.79 Å². The average molecular weight is 432 g/mol. The summed E-state index contributed by atoms with van der Waals surface area (Å²) in [5.74, 6) is 0.532. The maximum Gasteiger partial charge on any atom is 0.673 e. The van der Waals surface area contributed by atoms with Gasteiger partial charge < -0.3 is 22.0 Å². The molecule has 0 fully saturated rings. The second-order valence-electron chi connectivity index (χ2n) is 5.22. The summed E-state index contributed by atoms with van der Waals surface area (Å²) in [7, 11) is -6.00. The van der Waals surface area contributed by atoms with E-state index in [1.165, 1.54) is 10.5 Å². The second-order valence-corrected chi connectivity index (χ2v) is 7.71. The van der Waals surface area contributed by atoms with Crippen molar-refractivity contribution in [2.75, 3.05) is 0 Å². The van der Waals surface area contributed by atoms with E-state index < -0.39 is 7.25 Å². The highest BCUT2D eigenvalue weighted by molar-refractivity contribution is 6.50. The molecule has 0 heterocycles. The topological polar surface area (TPSA) is 26.3 Å². The zero-order valence-corrected chi connectivity index (χ0v) is 14.9. The molecule has 0 aliphatic heterocycles. The summed E-state index contributed by atoms with van der Waals surface area (Å²) < 4.78 is 47.7. The Morgan fingerprint density at radius 1 is 1.14 bits per heavy atom. The fraction of sp³-hybridized carbons (Fsp3) is 0.357. The van der Waals surface area contributed by atoms with Gasteiger partial charge in [-0.2, -0.15) is 0 Å². The van der Waals surface area contributed by atoms with Crippen LogP contribution in [0.25, 0.3) is 0 Å². The van der Waals surface area contributed by atoms with Crippen molar-refractivity contribution in [1.29, 1.82) is 0 Å². The number of halogens is 5. The lowest BCUT2D eigenvalue weighted by atomic mass is 9.95. The van der Waals surface area contributed by atoms with E-state index in [0.717, 1.165) is 5.76 Å². The highest BCUT2D eigenvalue weighted by Crippen LogP contribution is 2.24. The number of benzene rings is 1. The molecule has 0 bridgehead atoms. The van der Waals surface area contributed by atoms with E-state index in [-0.39, 0.29) is 32.6 Å². The third-order valence-corrected chi connectivity index (χ3v) is 4.32. The van der Waals surface area contributed by atoms with Gasteiger partial charge in [-0.15, -0.1) is 0 Å². The minimum atomic E-state index is -6.00. The van der Waals surface area contributed by atoms with E-state index in [0.29, 0.717) is 0 Å². The lowest BCUT2D eigenvalue weighted by Crippen LogP contribution is -3.59. The Morgan fingerprint density at radius 3 is 1.95 bits per heavy atom. The molecule has 8 heteroatoms. The third kappa shape index (κ3) is 12.7. The van der Waals surface area contributed by atoms with Crippen LogP contribution in [0.2, 0.25) is 0 Å². The van der Waals surface area contributed by atoms with Gasteiger partial charge in [-0.25, -0.2) is 0 Å². The molecule has 1 rings (SSSR count). The summed E-state index contributed by atoms with van der Waals surface area (Å²) >= 11 is -0.251. The number of rotatable bonds is 3. The predicted molar refractivity (Wildman–Crippen MR) is 74.6 cm³/mol. The number of hydrogen-bond donors (Lipinski definition) is 0. The lowest BCUT2D eigenvalue weighted by molar-refractivity contribution is -0.559. The molecule has 0 spiro atoms. The summed E-state index contributed by atoms with van der Waals surface area (Å²) in [6, 6.07) is 10.3. The highest BCUT2D eigenvalue weighted by Gasteiger charge is 2.24. The number of hydrogen-bond acceptors (Lipinski definition) is 2. The van der Waals surface area contributed by atoms with Gasteiger partial charge in [-0.1, -0.05) is 39.0 Å². The molecule has 22 heavy (non-hydrogen) atoms. The van der Waals surface area contributed by atoms with Gasteiger partial charge in [0.1, 0.15) is 0 Å². The monoisotopic (exact) mass is 432 g/mol. The Balaban J connectivity index is 0.000000763. The first-order chi connectivity index (χ1) is 9.89. The standard InChI is InChI=1S/C14H18IO2.BF4/c1-11(16)17-13(14(2,3)4)10-15-12-8-6-5-7-9-12;2-1(3,4)5/h5-10H,1-4H3;/q+1;-1/b13-10-;.